The molecule has 1 aliphatic heterocycles. The molecule has 19 heavy (non-hydrogen) atoms. The van der Waals surface area contributed by atoms with Crippen LogP contribution in [0.15, 0.2) is 32.0 Å². The minimum atomic E-state index is -3.70. The Hall–Kier alpha value is -0.440. The molecule has 104 valence electrons. The summed E-state index contributed by atoms with van der Waals surface area (Å²) in [6.07, 6.45) is 0. The second-order valence-electron chi connectivity index (χ2n) is 4.16. The van der Waals surface area contributed by atoms with Crippen LogP contribution in [0, 0.1) is 0 Å². The van der Waals surface area contributed by atoms with Gasteiger partial charge in [0.05, 0.1) is 4.90 Å². The Morgan fingerprint density at radius 2 is 2.05 bits per heavy atom. The molecular weight excluding hydrogens is 400 g/mol. The number of amides is 1. The number of hydrogen-bond donors (Lipinski definition) is 1. The minimum absolute atomic E-state index is 0.156. The quantitative estimate of drug-likeness (QED) is 0.805. The first-order valence-electron chi connectivity index (χ1n) is 5.58. The molecule has 0 aliphatic carbocycles. The summed E-state index contributed by atoms with van der Waals surface area (Å²) in [4.78, 5) is 11.8. The number of nitrogens with one attached hydrogen (secondary N) is 1. The summed E-state index contributed by atoms with van der Waals surface area (Å²) in [7, 11) is -3.70. The monoisotopic (exact) mass is 410 g/mol. The van der Waals surface area contributed by atoms with Gasteiger partial charge in [0, 0.05) is 22.0 Å². The number of carbonyl (C=O) groups is 1. The Labute approximate surface area is 128 Å². The van der Waals surface area contributed by atoms with Crippen molar-refractivity contribution >= 4 is 47.8 Å². The molecule has 1 unspecified atom stereocenters. The molecule has 8 heteroatoms. The Morgan fingerprint density at radius 1 is 1.37 bits per heavy atom. The molecule has 1 heterocycles. The van der Waals surface area contributed by atoms with Gasteiger partial charge in [-0.15, -0.1) is 0 Å². The van der Waals surface area contributed by atoms with E-state index >= 15 is 0 Å². The van der Waals surface area contributed by atoms with Gasteiger partial charge in [-0.05, 0) is 41.1 Å². The average Bonchev–Trinajstić information content (AvgIpc) is 2.35. The molecule has 0 spiro atoms. The lowest BCUT2D eigenvalue weighted by Gasteiger charge is -2.32. The van der Waals surface area contributed by atoms with Crippen LogP contribution in [0.4, 0.5) is 0 Å². The molecule has 1 atom stereocenters. The first-order valence-corrected chi connectivity index (χ1v) is 8.61. The standard InChI is InChI=1S/C11H12Br2N2O3S/c1-7-11(16)14-4-5-15(7)19(17,18)10-6-8(12)2-3-9(10)13/h2-3,6-7H,4-5H2,1H3,(H,14,16). The van der Waals surface area contributed by atoms with Crippen LogP contribution in [-0.2, 0) is 14.8 Å². The van der Waals surface area contributed by atoms with Gasteiger partial charge in [0.1, 0.15) is 6.04 Å². The molecule has 1 saturated heterocycles. The van der Waals surface area contributed by atoms with Gasteiger partial charge in [-0.1, -0.05) is 15.9 Å². The number of hydrogen-bond acceptors (Lipinski definition) is 3. The maximum Gasteiger partial charge on any atom is 0.245 e. The smallest absolute Gasteiger partial charge is 0.245 e. The predicted molar refractivity (Wildman–Crippen MR) is 78.2 cm³/mol. The number of halogens is 2. The van der Waals surface area contributed by atoms with Crippen LogP contribution in [0.3, 0.4) is 0 Å². The first-order chi connectivity index (χ1) is 8.84. The van der Waals surface area contributed by atoms with Gasteiger partial charge in [0.15, 0.2) is 0 Å². The number of nitrogens with zero attached hydrogens (tertiary/aromatic N) is 1. The lowest BCUT2D eigenvalue weighted by atomic mass is 10.2. The van der Waals surface area contributed by atoms with Gasteiger partial charge in [-0.3, -0.25) is 4.79 Å². The van der Waals surface area contributed by atoms with Crippen molar-refractivity contribution in [3.05, 3.63) is 27.1 Å². The van der Waals surface area contributed by atoms with E-state index in [0.717, 1.165) is 0 Å². The summed E-state index contributed by atoms with van der Waals surface area (Å²) in [5, 5.41) is 2.65. The van der Waals surface area contributed by atoms with Gasteiger partial charge >= 0.3 is 0 Å². The van der Waals surface area contributed by atoms with E-state index in [2.05, 4.69) is 37.2 Å². The van der Waals surface area contributed by atoms with E-state index in [-0.39, 0.29) is 17.3 Å². The number of rotatable bonds is 2. The zero-order chi connectivity index (χ0) is 14.2. The van der Waals surface area contributed by atoms with Crippen molar-refractivity contribution in [1.82, 2.24) is 9.62 Å². The van der Waals surface area contributed by atoms with Gasteiger partial charge in [-0.25, -0.2) is 8.42 Å². The molecule has 0 bridgehead atoms. The van der Waals surface area contributed by atoms with Gasteiger partial charge < -0.3 is 5.32 Å². The third-order valence-corrected chi connectivity index (χ3v) is 6.38. The highest BCUT2D eigenvalue weighted by atomic mass is 79.9. The Balaban J connectivity index is 2.47. The van der Waals surface area contributed by atoms with Crippen LogP contribution in [0.25, 0.3) is 0 Å². The Bertz CT molecular complexity index is 618. The molecule has 0 aromatic heterocycles. The topological polar surface area (TPSA) is 66.5 Å². The van der Waals surface area contributed by atoms with E-state index in [1.807, 2.05) is 0 Å². The van der Waals surface area contributed by atoms with Crippen molar-refractivity contribution in [3.63, 3.8) is 0 Å². The molecule has 0 saturated carbocycles. The second-order valence-corrected chi connectivity index (χ2v) is 7.79. The molecule has 5 nitrogen and oxygen atoms in total. The van der Waals surface area contributed by atoms with Crippen molar-refractivity contribution in [2.75, 3.05) is 13.1 Å². The summed E-state index contributed by atoms with van der Waals surface area (Å²) in [5.74, 6) is -0.277. The van der Waals surface area contributed by atoms with E-state index in [0.29, 0.717) is 15.5 Å². The van der Waals surface area contributed by atoms with Crippen LogP contribution in [0.2, 0.25) is 0 Å². The van der Waals surface area contributed by atoms with E-state index < -0.39 is 16.1 Å². The lowest BCUT2D eigenvalue weighted by molar-refractivity contribution is -0.126. The number of benzene rings is 1. The van der Waals surface area contributed by atoms with Crippen LogP contribution >= 0.6 is 31.9 Å². The van der Waals surface area contributed by atoms with Gasteiger partial charge in [0.25, 0.3) is 0 Å². The Morgan fingerprint density at radius 3 is 2.74 bits per heavy atom. The van der Waals surface area contributed by atoms with Crippen LogP contribution in [-0.4, -0.2) is 37.8 Å². The SMILES string of the molecule is CC1C(=O)NCCN1S(=O)(=O)c1cc(Br)ccc1Br. The highest BCUT2D eigenvalue weighted by Crippen LogP contribution is 2.29. The fourth-order valence-corrected chi connectivity index (χ4v) is 4.95. The molecule has 1 aliphatic rings. The third kappa shape index (κ3) is 2.86. The number of piperazine rings is 1. The molecule has 0 radical (unpaired) electrons. The first kappa shape index (κ1) is 15.0. The second kappa shape index (κ2) is 5.51. The molecule has 1 aromatic carbocycles. The summed E-state index contributed by atoms with van der Waals surface area (Å²) >= 11 is 6.50. The van der Waals surface area contributed by atoms with Gasteiger partial charge in [-0.2, -0.15) is 4.31 Å². The van der Waals surface area contributed by atoms with Gasteiger partial charge in [0.2, 0.25) is 15.9 Å². The lowest BCUT2D eigenvalue weighted by Crippen LogP contribution is -2.55. The molecule has 1 aromatic rings. The maximum absolute atomic E-state index is 12.6. The number of sulfonamides is 1. The van der Waals surface area contributed by atoms with Crippen LogP contribution < -0.4 is 5.32 Å². The number of carbonyl (C=O) groups excluding carboxylic acids is 1. The van der Waals surface area contributed by atoms with Crippen molar-refractivity contribution in [3.8, 4) is 0 Å². The summed E-state index contributed by atoms with van der Waals surface area (Å²) in [5.41, 5.74) is 0. The molecule has 1 amide bonds. The normalized spacial score (nSPS) is 21.2. The van der Waals surface area contributed by atoms with E-state index in [1.54, 1.807) is 19.1 Å². The summed E-state index contributed by atoms with van der Waals surface area (Å²) in [6.45, 7) is 2.18. The fourth-order valence-electron chi connectivity index (χ4n) is 1.89. The van der Waals surface area contributed by atoms with Crippen molar-refractivity contribution in [2.24, 2.45) is 0 Å². The van der Waals surface area contributed by atoms with Crippen molar-refractivity contribution in [1.29, 1.82) is 0 Å². The maximum atomic E-state index is 12.6. The summed E-state index contributed by atoms with van der Waals surface area (Å²) in [6, 6.07) is 4.23. The Kier molecular flexibility index (Phi) is 4.34. The third-order valence-electron chi connectivity index (χ3n) is 2.92. The molecule has 2 rings (SSSR count). The highest BCUT2D eigenvalue weighted by molar-refractivity contribution is 9.11. The van der Waals surface area contributed by atoms with Crippen LogP contribution in [0.1, 0.15) is 6.92 Å². The zero-order valence-corrected chi connectivity index (χ0v) is 14.0. The fraction of sp³-hybridized carbons (Fsp3) is 0.364. The van der Waals surface area contributed by atoms with Crippen LogP contribution in [0.5, 0.6) is 0 Å². The van der Waals surface area contributed by atoms with E-state index in [4.69, 9.17) is 0 Å². The minimum Gasteiger partial charge on any atom is -0.353 e. The molecule has 1 fully saturated rings. The van der Waals surface area contributed by atoms with Crippen molar-refractivity contribution < 1.29 is 13.2 Å². The average molecular weight is 412 g/mol. The highest BCUT2D eigenvalue weighted by Gasteiger charge is 2.36. The zero-order valence-electron chi connectivity index (χ0n) is 10.1. The van der Waals surface area contributed by atoms with E-state index in [9.17, 15) is 13.2 Å². The predicted octanol–water partition coefficient (Wildman–Crippen LogP) is 1.72. The summed E-state index contributed by atoms with van der Waals surface area (Å²) < 4.78 is 27.6. The largest absolute Gasteiger partial charge is 0.353 e. The molecule has 1 N–H and O–H groups in total. The van der Waals surface area contributed by atoms with Crippen molar-refractivity contribution in [2.45, 2.75) is 17.9 Å². The van der Waals surface area contributed by atoms with E-state index in [1.165, 1.54) is 10.4 Å². The molecular formula is C11H12Br2N2O3S.